The van der Waals surface area contributed by atoms with E-state index in [9.17, 15) is 9.18 Å². The second kappa shape index (κ2) is 7.81. The van der Waals surface area contributed by atoms with Gasteiger partial charge >= 0.3 is 0 Å². The van der Waals surface area contributed by atoms with Gasteiger partial charge in [-0.05, 0) is 48.9 Å². The molecule has 0 aliphatic heterocycles. The van der Waals surface area contributed by atoms with Gasteiger partial charge in [-0.25, -0.2) is 14.4 Å². The molecule has 160 valence electrons. The standard InChI is InChI=1S/C24H19FN4O3/c1-15-23(32-14-26-15)24-27-20-8-7-18(11-21(20)28(24)2)29-10-9-19(12-22(29)30)31-13-16-3-5-17(25)6-4-16/h3-12,14H,13H2,1-2H3. The first-order valence-corrected chi connectivity index (χ1v) is 9.97. The van der Waals surface area contributed by atoms with Crippen molar-refractivity contribution < 1.29 is 13.5 Å². The molecule has 0 saturated heterocycles. The normalized spacial score (nSPS) is 11.2. The molecule has 0 saturated carbocycles. The number of aromatic nitrogens is 4. The van der Waals surface area contributed by atoms with Gasteiger partial charge in [-0.15, -0.1) is 0 Å². The van der Waals surface area contributed by atoms with Gasteiger partial charge in [0.15, 0.2) is 18.0 Å². The van der Waals surface area contributed by atoms with Crippen molar-refractivity contribution in [3.63, 3.8) is 0 Å². The van der Waals surface area contributed by atoms with Crippen molar-refractivity contribution in [2.45, 2.75) is 13.5 Å². The number of fused-ring (bicyclic) bond motifs is 1. The molecule has 2 aromatic carbocycles. The van der Waals surface area contributed by atoms with Crippen molar-refractivity contribution in [2.24, 2.45) is 7.05 Å². The Morgan fingerprint density at radius 2 is 1.91 bits per heavy atom. The van der Waals surface area contributed by atoms with Crippen LogP contribution in [0.15, 0.2) is 76.4 Å². The molecule has 0 spiro atoms. The van der Waals surface area contributed by atoms with Crippen molar-refractivity contribution in [2.75, 3.05) is 0 Å². The highest BCUT2D eigenvalue weighted by Gasteiger charge is 2.16. The maximum Gasteiger partial charge on any atom is 0.258 e. The van der Waals surface area contributed by atoms with Crippen molar-refractivity contribution in [1.82, 2.24) is 19.1 Å². The summed E-state index contributed by atoms with van der Waals surface area (Å²) in [5.74, 6) is 1.43. The molecule has 5 rings (SSSR count). The maximum absolute atomic E-state index is 13.0. The van der Waals surface area contributed by atoms with E-state index in [1.54, 1.807) is 24.4 Å². The number of halogens is 1. The highest BCUT2D eigenvalue weighted by atomic mass is 19.1. The fourth-order valence-corrected chi connectivity index (χ4v) is 3.56. The van der Waals surface area contributed by atoms with Crippen molar-refractivity contribution >= 4 is 11.0 Å². The zero-order chi connectivity index (χ0) is 22.2. The first kappa shape index (κ1) is 19.7. The molecule has 0 unspecified atom stereocenters. The summed E-state index contributed by atoms with van der Waals surface area (Å²) in [6.45, 7) is 2.11. The lowest BCUT2D eigenvalue weighted by Crippen LogP contribution is -2.16. The highest BCUT2D eigenvalue weighted by Crippen LogP contribution is 2.27. The number of pyridine rings is 1. The molecule has 3 aromatic heterocycles. The van der Waals surface area contributed by atoms with Gasteiger partial charge in [-0.2, -0.15) is 0 Å². The SMILES string of the molecule is Cc1ncoc1-c1nc2ccc(-n3ccc(OCc4ccc(F)cc4)cc3=O)cc2n1C. The number of nitrogens with zero attached hydrogens (tertiary/aromatic N) is 4. The minimum absolute atomic E-state index is 0.227. The lowest BCUT2D eigenvalue weighted by atomic mass is 10.2. The van der Waals surface area contributed by atoms with E-state index >= 15 is 0 Å². The average molecular weight is 430 g/mol. The second-order valence-electron chi connectivity index (χ2n) is 7.42. The van der Waals surface area contributed by atoms with E-state index in [0.717, 1.165) is 22.3 Å². The molecule has 0 radical (unpaired) electrons. The topological polar surface area (TPSA) is 75.1 Å². The fraction of sp³-hybridized carbons (Fsp3) is 0.125. The van der Waals surface area contributed by atoms with Gasteiger partial charge < -0.3 is 13.7 Å². The molecule has 5 aromatic rings. The van der Waals surface area contributed by atoms with Crippen molar-refractivity contribution in [1.29, 1.82) is 0 Å². The molecule has 8 heteroatoms. The summed E-state index contributed by atoms with van der Waals surface area (Å²) < 4.78 is 27.6. The summed E-state index contributed by atoms with van der Waals surface area (Å²) in [5.41, 5.74) is 3.70. The largest absolute Gasteiger partial charge is 0.489 e. The third-order valence-electron chi connectivity index (χ3n) is 5.30. The molecule has 0 aliphatic rings. The minimum Gasteiger partial charge on any atom is -0.489 e. The van der Waals surface area contributed by atoms with E-state index in [1.807, 2.05) is 36.7 Å². The Kier molecular flexibility index (Phi) is 4.82. The van der Waals surface area contributed by atoms with E-state index in [0.29, 0.717) is 23.0 Å². The molecule has 0 atom stereocenters. The average Bonchev–Trinajstić information content (AvgIpc) is 3.36. The Bertz CT molecular complexity index is 1480. The fourth-order valence-electron chi connectivity index (χ4n) is 3.56. The van der Waals surface area contributed by atoms with Gasteiger partial charge in [0.2, 0.25) is 0 Å². The van der Waals surface area contributed by atoms with Crippen LogP contribution in [0.5, 0.6) is 5.75 Å². The number of aryl methyl sites for hydroxylation is 2. The van der Waals surface area contributed by atoms with Crippen LogP contribution in [-0.4, -0.2) is 19.1 Å². The molecule has 3 heterocycles. The van der Waals surface area contributed by atoms with E-state index in [1.165, 1.54) is 29.2 Å². The molecule has 32 heavy (non-hydrogen) atoms. The Hall–Kier alpha value is -4.20. The number of rotatable bonds is 5. The summed E-state index contributed by atoms with van der Waals surface area (Å²) in [7, 11) is 1.89. The number of hydrogen-bond acceptors (Lipinski definition) is 5. The van der Waals surface area contributed by atoms with Crippen LogP contribution < -0.4 is 10.3 Å². The summed E-state index contributed by atoms with van der Waals surface area (Å²) in [6, 6.07) is 14.8. The number of imidazole rings is 1. The maximum atomic E-state index is 13.0. The van der Waals surface area contributed by atoms with Crippen LogP contribution in [0, 0.1) is 12.7 Å². The van der Waals surface area contributed by atoms with Crippen LogP contribution >= 0.6 is 0 Å². The summed E-state index contributed by atoms with van der Waals surface area (Å²) >= 11 is 0. The van der Waals surface area contributed by atoms with Crippen LogP contribution in [0.2, 0.25) is 0 Å². The first-order chi connectivity index (χ1) is 15.5. The highest BCUT2D eigenvalue weighted by molar-refractivity contribution is 5.82. The molecule has 7 nitrogen and oxygen atoms in total. The summed E-state index contributed by atoms with van der Waals surface area (Å²) in [4.78, 5) is 21.5. The number of ether oxygens (including phenoxy) is 1. The zero-order valence-electron chi connectivity index (χ0n) is 17.4. The van der Waals surface area contributed by atoms with Gasteiger partial charge in [0.05, 0.1) is 22.4 Å². The summed E-state index contributed by atoms with van der Waals surface area (Å²) in [5, 5.41) is 0. The minimum atomic E-state index is -0.301. The Morgan fingerprint density at radius 1 is 1.09 bits per heavy atom. The summed E-state index contributed by atoms with van der Waals surface area (Å²) in [6.07, 6.45) is 3.07. The molecule has 0 bridgehead atoms. The second-order valence-corrected chi connectivity index (χ2v) is 7.42. The smallest absolute Gasteiger partial charge is 0.258 e. The van der Waals surface area contributed by atoms with Crippen LogP contribution in [0.25, 0.3) is 28.3 Å². The number of hydrogen-bond donors (Lipinski definition) is 0. The van der Waals surface area contributed by atoms with Gasteiger partial charge in [0.25, 0.3) is 5.56 Å². The molecule has 0 amide bonds. The van der Waals surface area contributed by atoms with Crippen LogP contribution in [0.3, 0.4) is 0 Å². The molecule has 0 aliphatic carbocycles. The van der Waals surface area contributed by atoms with E-state index in [4.69, 9.17) is 9.15 Å². The quantitative estimate of drug-likeness (QED) is 0.413. The van der Waals surface area contributed by atoms with Crippen LogP contribution in [0.1, 0.15) is 11.3 Å². The Labute approximate surface area is 182 Å². The zero-order valence-corrected chi connectivity index (χ0v) is 17.4. The van der Waals surface area contributed by atoms with E-state index < -0.39 is 0 Å². The van der Waals surface area contributed by atoms with Gasteiger partial charge in [-0.3, -0.25) is 9.36 Å². The molecule has 0 N–H and O–H groups in total. The first-order valence-electron chi connectivity index (χ1n) is 9.97. The predicted octanol–water partition coefficient (Wildman–Crippen LogP) is 4.41. The third-order valence-corrected chi connectivity index (χ3v) is 5.30. The number of oxazole rings is 1. The van der Waals surface area contributed by atoms with Gasteiger partial charge in [-0.1, -0.05) is 12.1 Å². The molecular weight excluding hydrogens is 411 g/mol. The van der Waals surface area contributed by atoms with Gasteiger partial charge in [0, 0.05) is 19.3 Å². The third kappa shape index (κ3) is 3.56. The molecule has 0 fully saturated rings. The van der Waals surface area contributed by atoms with Crippen molar-refractivity contribution in [3.05, 3.63) is 94.6 Å². The van der Waals surface area contributed by atoms with Crippen LogP contribution in [0.4, 0.5) is 4.39 Å². The lowest BCUT2D eigenvalue weighted by Gasteiger charge is -2.09. The molecular formula is C24H19FN4O3. The van der Waals surface area contributed by atoms with Crippen molar-refractivity contribution in [3.8, 4) is 23.0 Å². The van der Waals surface area contributed by atoms with E-state index in [2.05, 4.69) is 9.97 Å². The Morgan fingerprint density at radius 3 is 2.62 bits per heavy atom. The van der Waals surface area contributed by atoms with E-state index in [-0.39, 0.29) is 18.0 Å². The Balaban J connectivity index is 1.43. The predicted molar refractivity (Wildman–Crippen MR) is 117 cm³/mol. The van der Waals surface area contributed by atoms with Gasteiger partial charge in [0.1, 0.15) is 18.2 Å². The number of benzene rings is 2. The lowest BCUT2D eigenvalue weighted by molar-refractivity contribution is 0.305. The van der Waals surface area contributed by atoms with Crippen LogP contribution in [-0.2, 0) is 13.7 Å². The monoisotopic (exact) mass is 430 g/mol.